The highest BCUT2D eigenvalue weighted by Crippen LogP contribution is 2.36. The fraction of sp³-hybridized carbons (Fsp3) is 0.368. The van der Waals surface area contributed by atoms with Crippen molar-refractivity contribution in [2.24, 2.45) is 0 Å². The number of anilines is 1. The SMILES string of the molecule is CCOc1cc(CNCCNc2ccc([N+](=O)[O-])cc2)cc(Cl)c1OCC.Cl. The lowest BCUT2D eigenvalue weighted by molar-refractivity contribution is -0.384. The van der Waals surface area contributed by atoms with Gasteiger partial charge in [-0.2, -0.15) is 0 Å². The van der Waals surface area contributed by atoms with Crippen LogP contribution in [0.15, 0.2) is 36.4 Å². The summed E-state index contributed by atoms with van der Waals surface area (Å²) in [5, 5.41) is 17.7. The molecule has 0 saturated carbocycles. The van der Waals surface area contributed by atoms with Crippen molar-refractivity contribution >= 4 is 35.4 Å². The van der Waals surface area contributed by atoms with E-state index in [4.69, 9.17) is 21.1 Å². The molecule has 7 nitrogen and oxygen atoms in total. The highest BCUT2D eigenvalue weighted by atomic mass is 35.5. The summed E-state index contributed by atoms with van der Waals surface area (Å²) in [5.41, 5.74) is 1.92. The Morgan fingerprint density at radius 2 is 1.75 bits per heavy atom. The Labute approximate surface area is 175 Å². The van der Waals surface area contributed by atoms with Crippen LogP contribution in [0.4, 0.5) is 11.4 Å². The first-order valence-electron chi connectivity index (χ1n) is 8.82. The highest BCUT2D eigenvalue weighted by Gasteiger charge is 2.12. The van der Waals surface area contributed by atoms with Crippen LogP contribution >= 0.6 is 24.0 Å². The summed E-state index contributed by atoms with van der Waals surface area (Å²) in [5.74, 6) is 1.22. The molecule has 0 spiro atoms. The topological polar surface area (TPSA) is 85.7 Å². The summed E-state index contributed by atoms with van der Waals surface area (Å²) in [6, 6.07) is 10.1. The van der Waals surface area contributed by atoms with Gasteiger partial charge in [0.1, 0.15) is 0 Å². The Kier molecular flexibility index (Phi) is 10.4. The van der Waals surface area contributed by atoms with Crippen molar-refractivity contribution in [2.75, 3.05) is 31.6 Å². The third-order valence-electron chi connectivity index (χ3n) is 3.70. The summed E-state index contributed by atoms with van der Waals surface area (Å²) in [6.45, 7) is 6.90. The molecule has 0 amide bonds. The number of hydrogen-bond acceptors (Lipinski definition) is 6. The van der Waals surface area contributed by atoms with Gasteiger partial charge >= 0.3 is 0 Å². The lowest BCUT2D eigenvalue weighted by Gasteiger charge is -2.15. The van der Waals surface area contributed by atoms with E-state index >= 15 is 0 Å². The lowest BCUT2D eigenvalue weighted by Crippen LogP contribution is -2.21. The zero-order valence-electron chi connectivity index (χ0n) is 15.9. The van der Waals surface area contributed by atoms with Crippen LogP contribution in [-0.2, 0) is 6.54 Å². The summed E-state index contributed by atoms with van der Waals surface area (Å²) in [7, 11) is 0. The molecule has 0 fully saturated rings. The second-order valence-corrected chi connectivity index (χ2v) is 6.09. The zero-order valence-corrected chi connectivity index (χ0v) is 17.4. The molecule has 2 rings (SSSR count). The number of benzene rings is 2. The van der Waals surface area contributed by atoms with E-state index in [1.54, 1.807) is 12.1 Å². The number of nitro benzene ring substituents is 1. The summed E-state index contributed by atoms with van der Waals surface area (Å²) in [4.78, 5) is 10.2. The number of nitro groups is 1. The maximum Gasteiger partial charge on any atom is 0.269 e. The van der Waals surface area contributed by atoms with E-state index < -0.39 is 4.92 Å². The minimum Gasteiger partial charge on any atom is -0.490 e. The van der Waals surface area contributed by atoms with Crippen LogP contribution in [0.25, 0.3) is 0 Å². The molecule has 0 aliphatic carbocycles. The minimum atomic E-state index is -0.413. The van der Waals surface area contributed by atoms with E-state index in [9.17, 15) is 10.1 Å². The number of nitrogens with zero attached hydrogens (tertiary/aromatic N) is 1. The van der Waals surface area contributed by atoms with Crippen LogP contribution in [0.3, 0.4) is 0 Å². The summed E-state index contributed by atoms with van der Waals surface area (Å²) < 4.78 is 11.2. The van der Waals surface area contributed by atoms with Gasteiger partial charge in [0.15, 0.2) is 11.5 Å². The quantitative estimate of drug-likeness (QED) is 0.306. The Hall–Kier alpha value is -2.22. The standard InChI is InChI=1S/C19H24ClN3O4.ClH/c1-3-26-18-12-14(11-17(20)19(18)27-4-2)13-21-9-10-22-15-5-7-16(8-6-15)23(24)25;/h5-8,11-12,21-22H,3-4,9-10,13H2,1-2H3;1H. The summed E-state index contributed by atoms with van der Waals surface area (Å²) >= 11 is 6.31. The van der Waals surface area contributed by atoms with Crippen LogP contribution in [-0.4, -0.2) is 31.2 Å². The number of rotatable bonds is 11. The fourth-order valence-electron chi connectivity index (χ4n) is 2.50. The van der Waals surface area contributed by atoms with Crippen molar-refractivity contribution < 1.29 is 14.4 Å². The smallest absolute Gasteiger partial charge is 0.269 e. The van der Waals surface area contributed by atoms with Gasteiger partial charge in [-0.25, -0.2) is 0 Å². The molecule has 2 aromatic carbocycles. The number of halogens is 2. The van der Waals surface area contributed by atoms with Gasteiger partial charge in [-0.1, -0.05) is 11.6 Å². The van der Waals surface area contributed by atoms with Gasteiger partial charge < -0.3 is 20.1 Å². The highest BCUT2D eigenvalue weighted by molar-refractivity contribution is 6.32. The van der Waals surface area contributed by atoms with Gasteiger partial charge in [-0.3, -0.25) is 10.1 Å². The van der Waals surface area contributed by atoms with E-state index in [2.05, 4.69) is 10.6 Å². The number of non-ortho nitro benzene ring substituents is 1. The fourth-order valence-corrected chi connectivity index (χ4v) is 2.79. The van der Waals surface area contributed by atoms with E-state index in [0.717, 1.165) is 11.3 Å². The average molecular weight is 430 g/mol. The molecule has 0 radical (unpaired) electrons. The lowest BCUT2D eigenvalue weighted by atomic mass is 10.2. The normalized spacial score (nSPS) is 10.1. The zero-order chi connectivity index (χ0) is 19.6. The first-order chi connectivity index (χ1) is 13.0. The first kappa shape index (κ1) is 23.8. The van der Waals surface area contributed by atoms with Crippen LogP contribution in [0.5, 0.6) is 11.5 Å². The van der Waals surface area contributed by atoms with Crippen LogP contribution < -0.4 is 20.1 Å². The predicted molar refractivity (Wildman–Crippen MR) is 114 cm³/mol. The van der Waals surface area contributed by atoms with Crippen molar-refractivity contribution in [1.82, 2.24) is 5.32 Å². The Balaban J connectivity index is 0.00000392. The molecule has 2 aromatic rings. The molecule has 0 bridgehead atoms. The summed E-state index contributed by atoms with van der Waals surface area (Å²) in [6.07, 6.45) is 0. The maximum atomic E-state index is 10.6. The molecule has 9 heteroatoms. The van der Waals surface area contributed by atoms with Gasteiger partial charge in [0.25, 0.3) is 5.69 Å². The number of nitrogens with one attached hydrogen (secondary N) is 2. The first-order valence-corrected chi connectivity index (χ1v) is 9.20. The number of ether oxygens (including phenoxy) is 2. The third-order valence-corrected chi connectivity index (χ3v) is 3.98. The van der Waals surface area contributed by atoms with E-state index in [0.29, 0.717) is 49.4 Å². The minimum absolute atomic E-state index is 0. The van der Waals surface area contributed by atoms with Crippen LogP contribution in [0, 0.1) is 10.1 Å². The largest absolute Gasteiger partial charge is 0.490 e. The van der Waals surface area contributed by atoms with Crippen molar-refractivity contribution in [2.45, 2.75) is 20.4 Å². The second-order valence-electron chi connectivity index (χ2n) is 5.68. The van der Waals surface area contributed by atoms with Gasteiger partial charge in [-0.15, -0.1) is 12.4 Å². The number of hydrogen-bond donors (Lipinski definition) is 2. The second kappa shape index (κ2) is 12.3. The molecule has 28 heavy (non-hydrogen) atoms. The molecule has 0 heterocycles. The molecule has 0 aliphatic heterocycles. The molecule has 0 atom stereocenters. The van der Waals surface area contributed by atoms with Crippen molar-refractivity contribution in [1.29, 1.82) is 0 Å². The van der Waals surface area contributed by atoms with Crippen LogP contribution in [0.2, 0.25) is 5.02 Å². The van der Waals surface area contributed by atoms with Gasteiger partial charge in [0.05, 0.1) is 23.2 Å². The van der Waals surface area contributed by atoms with E-state index in [1.807, 2.05) is 26.0 Å². The van der Waals surface area contributed by atoms with E-state index in [1.165, 1.54) is 12.1 Å². The molecule has 0 aliphatic rings. The maximum absolute atomic E-state index is 10.6. The Morgan fingerprint density at radius 3 is 2.36 bits per heavy atom. The third kappa shape index (κ3) is 7.07. The molecule has 0 saturated heterocycles. The molecule has 0 unspecified atom stereocenters. The molecular formula is C19H25Cl2N3O4. The van der Waals surface area contributed by atoms with E-state index in [-0.39, 0.29) is 18.1 Å². The predicted octanol–water partition coefficient (Wildman–Crippen LogP) is 4.67. The van der Waals surface area contributed by atoms with Crippen LogP contribution in [0.1, 0.15) is 19.4 Å². The van der Waals surface area contributed by atoms with Crippen molar-refractivity contribution in [3.63, 3.8) is 0 Å². The van der Waals surface area contributed by atoms with Crippen molar-refractivity contribution in [3.8, 4) is 11.5 Å². The molecular weight excluding hydrogens is 405 g/mol. The van der Waals surface area contributed by atoms with Gasteiger partial charge in [-0.05, 0) is 43.7 Å². The molecule has 154 valence electrons. The molecule has 0 aromatic heterocycles. The Morgan fingerprint density at radius 1 is 1.07 bits per heavy atom. The van der Waals surface area contributed by atoms with Crippen molar-refractivity contribution in [3.05, 3.63) is 57.1 Å². The molecule has 2 N–H and O–H groups in total. The average Bonchev–Trinajstić information content (AvgIpc) is 2.65. The Bertz CT molecular complexity index is 758. The van der Waals surface area contributed by atoms with Gasteiger partial charge in [0.2, 0.25) is 0 Å². The van der Waals surface area contributed by atoms with Gasteiger partial charge in [0, 0.05) is 37.5 Å². The monoisotopic (exact) mass is 429 g/mol.